The molecule has 24 heteroatoms. The third-order valence-corrected chi connectivity index (χ3v) is 14.4. The molecule has 4 aliphatic rings. The molecule has 4 aliphatic heterocycles. The highest BCUT2D eigenvalue weighted by Gasteiger charge is 2.41. The summed E-state index contributed by atoms with van der Waals surface area (Å²) in [5.41, 5.74) is 0. The fraction of sp³-hybridized carbons (Fsp3) is 0.522. The number of nitrogens with one attached hydrogen (secondary N) is 4. The van der Waals surface area contributed by atoms with E-state index in [2.05, 4.69) is 76.0 Å². The summed E-state index contributed by atoms with van der Waals surface area (Å²) in [6, 6.07) is 16.6. The maximum Gasteiger partial charge on any atom is 0.248 e. The summed E-state index contributed by atoms with van der Waals surface area (Å²) in [5.74, 6) is 10.3. The van der Waals surface area contributed by atoms with E-state index >= 15 is 0 Å². The van der Waals surface area contributed by atoms with Crippen molar-refractivity contribution in [1.82, 2.24) is 71.5 Å². The van der Waals surface area contributed by atoms with E-state index in [9.17, 15) is 19.2 Å². The van der Waals surface area contributed by atoms with Gasteiger partial charge in [-0.2, -0.15) is 0 Å². The number of aromatic nitrogens is 8. The Hall–Kier alpha value is -5.30. The van der Waals surface area contributed by atoms with Gasteiger partial charge < -0.3 is 40.5 Å². The van der Waals surface area contributed by atoms with Crippen LogP contribution >= 0.6 is 48.3 Å². The molecule has 2 aromatic heterocycles. The fourth-order valence-corrected chi connectivity index (χ4v) is 9.93. The quantitative estimate of drug-likeness (QED) is 0.0929. The molecule has 20 nitrogen and oxygen atoms in total. The number of amides is 4. The zero-order chi connectivity index (χ0) is 47.2. The molecule has 0 saturated carbocycles. The number of halogens is 2. The standard InChI is InChI=1S/C46H56N14O6S2.2ClH/c1-31(39(49-41(61)37-21-23-47-37)43(63)57-25-13-15-33(57)29-59-45(51-53-55-59)67-35-17-7-5-8-18-35)65-27-11-3-4-12-28-66-32(2)40(50-42(62)38-22-24-48-38)44(64)58-26-14-16-34(58)30-60-46(52-54-56-60)68-36-19-9-6-10-20-36;;/h5-10,17-20,31-34,37-40,47-48H,13-16,21-30H2,1-2H3,(H,49,61)(H,50,62);2*1H/t31-,32+,33+,34-,37+,38-,39+,40-;;. The molecule has 4 aromatic rings. The Morgan fingerprint density at radius 2 is 1.06 bits per heavy atom. The number of hydrogen-bond acceptors (Lipinski definition) is 16. The van der Waals surface area contributed by atoms with E-state index in [1.165, 1.54) is 23.5 Å². The van der Waals surface area contributed by atoms with Crippen molar-refractivity contribution in [2.75, 3.05) is 39.4 Å². The Bertz CT molecular complexity index is 2310. The predicted molar refractivity (Wildman–Crippen MR) is 264 cm³/mol. The molecule has 6 heterocycles. The smallest absolute Gasteiger partial charge is 0.248 e. The van der Waals surface area contributed by atoms with E-state index in [0.717, 1.165) is 48.6 Å². The second-order valence-corrected chi connectivity index (χ2v) is 19.1. The van der Waals surface area contributed by atoms with Crippen LogP contribution in [0.3, 0.4) is 0 Å². The first-order chi connectivity index (χ1) is 33.2. The normalized spacial score (nSPS) is 20.8. The Kier molecular flexibility index (Phi) is 20.7. The molecule has 0 spiro atoms. The van der Waals surface area contributed by atoms with Crippen molar-refractivity contribution in [2.24, 2.45) is 0 Å². The summed E-state index contributed by atoms with van der Waals surface area (Å²) >= 11 is 2.90. The minimum absolute atomic E-state index is 0. The van der Waals surface area contributed by atoms with Gasteiger partial charge in [-0.05, 0) is 146 Å². The van der Waals surface area contributed by atoms with Crippen molar-refractivity contribution in [3.8, 4) is 23.7 Å². The largest absolute Gasteiger partial charge is 0.363 e. The van der Waals surface area contributed by atoms with E-state index in [0.29, 0.717) is 49.3 Å². The lowest BCUT2D eigenvalue weighted by Crippen LogP contribution is -2.61. The summed E-state index contributed by atoms with van der Waals surface area (Å²) in [5, 5.41) is 38.0. The number of tetrazole rings is 2. The van der Waals surface area contributed by atoms with Crippen LogP contribution in [0.2, 0.25) is 0 Å². The van der Waals surface area contributed by atoms with Crippen LogP contribution in [0.25, 0.3) is 0 Å². The van der Waals surface area contributed by atoms with Crippen molar-refractivity contribution in [3.05, 3.63) is 60.7 Å². The van der Waals surface area contributed by atoms with Gasteiger partial charge in [-0.25, -0.2) is 9.36 Å². The van der Waals surface area contributed by atoms with E-state index in [1.807, 2.05) is 60.7 Å². The maximum atomic E-state index is 14.3. The average molecular weight is 1040 g/mol. The molecule has 4 amide bonds. The minimum Gasteiger partial charge on any atom is -0.363 e. The highest BCUT2D eigenvalue weighted by molar-refractivity contribution is 7.99. The van der Waals surface area contributed by atoms with Crippen molar-refractivity contribution < 1.29 is 28.7 Å². The molecular formula is C46H58Cl2N14O6S2. The zero-order valence-corrected chi connectivity index (χ0v) is 42.1. The molecule has 4 saturated heterocycles. The van der Waals surface area contributed by atoms with Gasteiger partial charge in [0, 0.05) is 22.9 Å². The molecule has 0 radical (unpaired) electrons. The number of nitrogens with zero attached hydrogens (tertiary/aromatic N) is 10. The predicted octanol–water partition coefficient (Wildman–Crippen LogP) is 2.00. The summed E-state index contributed by atoms with van der Waals surface area (Å²) in [7, 11) is 0. The summed E-state index contributed by atoms with van der Waals surface area (Å²) in [6.07, 6.45) is 3.06. The number of benzene rings is 2. The molecule has 70 heavy (non-hydrogen) atoms. The first-order valence-electron chi connectivity index (χ1n) is 23.1. The van der Waals surface area contributed by atoms with E-state index in [1.54, 1.807) is 33.0 Å². The molecule has 0 unspecified atom stereocenters. The molecule has 374 valence electrons. The molecule has 4 N–H and O–H groups in total. The number of hydrogen-bond donors (Lipinski definition) is 4. The van der Waals surface area contributed by atoms with Crippen LogP contribution in [-0.4, -0.2) is 162 Å². The molecule has 4 fully saturated rings. The lowest BCUT2D eigenvalue weighted by atomic mass is 10.0. The molecule has 0 aliphatic carbocycles. The van der Waals surface area contributed by atoms with Crippen LogP contribution in [0, 0.1) is 23.7 Å². The molecule has 8 atom stereocenters. The van der Waals surface area contributed by atoms with Gasteiger partial charge >= 0.3 is 0 Å². The van der Waals surface area contributed by atoms with Crippen molar-refractivity contribution >= 4 is 72.0 Å². The third kappa shape index (κ3) is 14.2. The van der Waals surface area contributed by atoms with Gasteiger partial charge in [0.05, 0.1) is 49.5 Å². The number of ether oxygens (including phenoxy) is 2. The molecular weight excluding hydrogens is 980 g/mol. The molecule has 0 bridgehead atoms. The van der Waals surface area contributed by atoms with Crippen LogP contribution in [0.1, 0.15) is 52.4 Å². The number of carbonyl (C=O) groups excluding carboxylic acids is 4. The van der Waals surface area contributed by atoms with Gasteiger partial charge in [0.2, 0.25) is 33.9 Å². The topological polar surface area (TPSA) is 229 Å². The SMILES string of the molecule is C[C@H](OCC#CC#CCO[C@H](C)[C@H](NC(=O)[C@@H]1CCN1)C(=O)N1CCC[C@H]1Cn1nnnc1Sc1ccccc1)[C@@H](NC(=O)[C@H]1CCN1)C(=O)N1CCC[C@@H]1Cn1nnnc1Sc1ccccc1.Cl.Cl. The van der Waals surface area contributed by atoms with Crippen LogP contribution in [0.15, 0.2) is 80.8 Å². The first-order valence-corrected chi connectivity index (χ1v) is 24.7. The van der Waals surface area contributed by atoms with Crippen molar-refractivity contribution in [1.29, 1.82) is 0 Å². The van der Waals surface area contributed by atoms with E-state index < -0.39 is 24.3 Å². The maximum absolute atomic E-state index is 14.3. The van der Waals surface area contributed by atoms with Gasteiger partial charge in [-0.15, -0.1) is 35.0 Å². The van der Waals surface area contributed by atoms with Crippen LogP contribution in [-0.2, 0) is 41.7 Å². The number of rotatable bonds is 20. The van der Waals surface area contributed by atoms with Crippen molar-refractivity contribution in [3.63, 3.8) is 0 Å². The number of carbonyl (C=O) groups is 4. The Morgan fingerprint density at radius 3 is 1.43 bits per heavy atom. The molecule has 2 aromatic carbocycles. The van der Waals surface area contributed by atoms with E-state index in [-0.39, 0.29) is 85.8 Å². The third-order valence-electron chi connectivity index (χ3n) is 12.4. The number of likely N-dealkylation sites (tertiary alicyclic amines) is 2. The second-order valence-electron chi connectivity index (χ2n) is 17.0. The monoisotopic (exact) mass is 1040 g/mol. The van der Waals surface area contributed by atoms with Gasteiger partial charge in [0.25, 0.3) is 0 Å². The Labute approximate surface area is 427 Å². The van der Waals surface area contributed by atoms with Crippen LogP contribution < -0.4 is 21.3 Å². The first kappa shape index (κ1) is 54.0. The fourth-order valence-electron chi connectivity index (χ4n) is 8.34. The van der Waals surface area contributed by atoms with Gasteiger partial charge in [0.1, 0.15) is 25.3 Å². The van der Waals surface area contributed by atoms with Gasteiger partial charge in [-0.1, -0.05) is 48.2 Å². The Balaban J connectivity index is 0.00000402. The second kappa shape index (κ2) is 26.8. The summed E-state index contributed by atoms with van der Waals surface area (Å²) in [4.78, 5) is 60.5. The van der Waals surface area contributed by atoms with E-state index in [4.69, 9.17) is 9.47 Å². The molecule has 8 rings (SSSR count). The highest BCUT2D eigenvalue weighted by atomic mass is 35.5. The zero-order valence-electron chi connectivity index (χ0n) is 38.8. The lowest BCUT2D eigenvalue weighted by molar-refractivity contribution is -0.142. The average Bonchev–Trinajstić information content (AvgIpc) is 4.15. The lowest BCUT2D eigenvalue weighted by Gasteiger charge is -2.34. The van der Waals surface area contributed by atoms with Gasteiger partial charge in [0.15, 0.2) is 0 Å². The minimum atomic E-state index is -0.956. The Morgan fingerprint density at radius 1 is 0.657 bits per heavy atom. The summed E-state index contributed by atoms with van der Waals surface area (Å²) in [6.45, 7) is 6.73. The van der Waals surface area contributed by atoms with Crippen molar-refractivity contribution in [2.45, 2.75) is 134 Å². The summed E-state index contributed by atoms with van der Waals surface area (Å²) < 4.78 is 15.5. The van der Waals surface area contributed by atoms with Crippen LogP contribution in [0.4, 0.5) is 0 Å². The van der Waals surface area contributed by atoms with Crippen LogP contribution in [0.5, 0.6) is 0 Å². The highest BCUT2D eigenvalue weighted by Crippen LogP contribution is 2.29. The van der Waals surface area contributed by atoms with Gasteiger partial charge in [-0.3, -0.25) is 19.2 Å².